The molecule has 30 heavy (non-hydrogen) atoms. The van der Waals surface area contributed by atoms with Crippen molar-refractivity contribution >= 4 is 33.8 Å². The monoisotopic (exact) mass is 424 g/mol. The van der Waals surface area contributed by atoms with Crippen LogP contribution in [-0.4, -0.2) is 39.1 Å². The maximum Gasteiger partial charge on any atom is 0.263 e. The molecule has 2 aliphatic heterocycles. The summed E-state index contributed by atoms with van der Waals surface area (Å²) in [5, 5.41) is 7.35. The number of imidazole rings is 1. The van der Waals surface area contributed by atoms with Gasteiger partial charge in [-0.05, 0) is 32.0 Å². The highest BCUT2D eigenvalue weighted by Crippen LogP contribution is 2.41. The Kier molecular flexibility index (Phi) is 4.43. The van der Waals surface area contributed by atoms with Gasteiger partial charge >= 0.3 is 0 Å². The molecule has 0 atom stereocenters. The normalized spacial score (nSPS) is 17.0. The van der Waals surface area contributed by atoms with Gasteiger partial charge in [-0.3, -0.25) is 4.79 Å². The molecule has 9 heteroatoms. The van der Waals surface area contributed by atoms with Gasteiger partial charge in [-0.2, -0.15) is 0 Å². The molecule has 0 fully saturated rings. The Morgan fingerprint density at radius 2 is 2.23 bits per heavy atom. The number of aryl methyl sites for hydroxylation is 1. The number of fused-ring (bicyclic) bond motifs is 2. The number of hydrogen-bond donors (Lipinski definition) is 2. The first-order valence-electron chi connectivity index (χ1n) is 9.95. The first-order chi connectivity index (χ1) is 14.4. The highest BCUT2D eigenvalue weighted by molar-refractivity contribution is 7.17. The Hall–Kier alpha value is -3.07. The summed E-state index contributed by atoms with van der Waals surface area (Å²) in [4.78, 5) is 24.4. The van der Waals surface area contributed by atoms with E-state index in [-0.39, 0.29) is 11.4 Å². The van der Waals surface area contributed by atoms with Crippen molar-refractivity contribution < 1.29 is 9.53 Å². The number of carbonyl (C=O) groups excluding carboxylic acids is 1. The lowest BCUT2D eigenvalue weighted by Gasteiger charge is -2.30. The van der Waals surface area contributed by atoms with E-state index >= 15 is 0 Å². The third kappa shape index (κ3) is 3.39. The number of carbonyl (C=O) groups is 1. The highest BCUT2D eigenvalue weighted by Gasteiger charge is 2.34. The predicted octanol–water partition coefficient (Wildman–Crippen LogP) is 3.08. The predicted molar refractivity (Wildman–Crippen MR) is 117 cm³/mol. The second-order valence-corrected chi connectivity index (χ2v) is 9.30. The van der Waals surface area contributed by atoms with Crippen LogP contribution in [0.2, 0.25) is 0 Å². The summed E-state index contributed by atoms with van der Waals surface area (Å²) >= 11 is 1.45. The zero-order chi connectivity index (χ0) is 20.9. The second kappa shape index (κ2) is 7.02. The van der Waals surface area contributed by atoms with E-state index in [1.54, 1.807) is 6.33 Å². The molecule has 2 aliphatic rings. The van der Waals surface area contributed by atoms with Crippen LogP contribution in [0, 0.1) is 0 Å². The molecule has 8 nitrogen and oxygen atoms in total. The maximum atomic E-state index is 12.5. The quantitative estimate of drug-likeness (QED) is 0.670. The van der Waals surface area contributed by atoms with Gasteiger partial charge in [0.05, 0.1) is 36.5 Å². The van der Waals surface area contributed by atoms with Crippen LogP contribution in [-0.2, 0) is 20.0 Å². The molecule has 5 rings (SSSR count). The molecule has 0 radical (unpaired) electrons. The van der Waals surface area contributed by atoms with E-state index in [4.69, 9.17) is 9.72 Å². The third-order valence-electron chi connectivity index (χ3n) is 5.40. The summed E-state index contributed by atoms with van der Waals surface area (Å²) in [6, 6.07) is 6.08. The smallest absolute Gasteiger partial charge is 0.263 e. The van der Waals surface area contributed by atoms with Crippen LogP contribution >= 0.6 is 11.3 Å². The summed E-state index contributed by atoms with van der Waals surface area (Å²) in [5.74, 6) is 0.787. The number of nitrogens with one attached hydrogen (secondary N) is 2. The van der Waals surface area contributed by atoms with E-state index in [1.807, 2.05) is 43.8 Å². The highest BCUT2D eigenvalue weighted by atomic mass is 32.1. The lowest BCUT2D eigenvalue weighted by atomic mass is 9.94. The SMILES string of the molecule is Cn1cncc1CNc1ccc2c(c1)N(c1nc3c(s1)C(=O)NC(C)(C)C3)CCO2. The van der Waals surface area contributed by atoms with Crippen molar-refractivity contribution in [2.24, 2.45) is 7.05 Å². The Bertz CT molecular complexity index is 1120. The lowest BCUT2D eigenvalue weighted by Crippen LogP contribution is -2.48. The van der Waals surface area contributed by atoms with E-state index in [9.17, 15) is 4.79 Å². The van der Waals surface area contributed by atoms with Crippen molar-refractivity contribution in [2.45, 2.75) is 32.4 Å². The largest absolute Gasteiger partial charge is 0.490 e. The van der Waals surface area contributed by atoms with Gasteiger partial charge in [0.2, 0.25) is 0 Å². The first kappa shape index (κ1) is 18.9. The van der Waals surface area contributed by atoms with Gasteiger partial charge in [0.25, 0.3) is 5.91 Å². The van der Waals surface area contributed by atoms with Crippen LogP contribution in [0.3, 0.4) is 0 Å². The zero-order valence-corrected chi connectivity index (χ0v) is 18.0. The van der Waals surface area contributed by atoms with Gasteiger partial charge in [-0.15, -0.1) is 0 Å². The minimum absolute atomic E-state index is 0.0370. The Morgan fingerprint density at radius 3 is 3.03 bits per heavy atom. The van der Waals surface area contributed by atoms with Crippen LogP contribution in [0.25, 0.3) is 0 Å². The number of thiazole rings is 1. The van der Waals surface area contributed by atoms with Crippen molar-refractivity contribution in [2.75, 3.05) is 23.4 Å². The van der Waals surface area contributed by atoms with Gasteiger partial charge in [-0.25, -0.2) is 9.97 Å². The Balaban J connectivity index is 1.44. The van der Waals surface area contributed by atoms with Crippen LogP contribution in [0.15, 0.2) is 30.7 Å². The molecular weight excluding hydrogens is 400 g/mol. The molecule has 2 N–H and O–H groups in total. The van der Waals surface area contributed by atoms with Gasteiger partial charge < -0.3 is 24.8 Å². The number of rotatable bonds is 4. The summed E-state index contributed by atoms with van der Waals surface area (Å²) in [6.07, 6.45) is 4.38. The molecule has 0 unspecified atom stereocenters. The fourth-order valence-electron chi connectivity index (χ4n) is 3.85. The first-order valence-corrected chi connectivity index (χ1v) is 10.8. The number of benzene rings is 1. The molecule has 0 bridgehead atoms. The van der Waals surface area contributed by atoms with E-state index < -0.39 is 0 Å². The number of ether oxygens (including phenoxy) is 1. The molecule has 156 valence electrons. The molecule has 2 aromatic heterocycles. The Labute approximate surface area is 178 Å². The molecule has 0 aliphatic carbocycles. The van der Waals surface area contributed by atoms with E-state index in [2.05, 4.69) is 26.6 Å². The average molecular weight is 425 g/mol. The van der Waals surface area contributed by atoms with Crippen molar-refractivity contribution in [3.63, 3.8) is 0 Å². The standard InChI is InChI=1S/C21H24N6O2S/c1-21(2)9-15-18(19(28)25-21)30-20(24-15)27-6-7-29-17-5-4-13(8-16(17)27)23-11-14-10-22-12-26(14)3/h4-5,8,10,12,23H,6-7,9,11H2,1-3H3,(H,25,28). The van der Waals surface area contributed by atoms with E-state index in [0.717, 1.165) is 40.1 Å². The Morgan fingerprint density at radius 1 is 1.37 bits per heavy atom. The van der Waals surface area contributed by atoms with Crippen LogP contribution in [0.1, 0.15) is 34.9 Å². The summed E-state index contributed by atoms with van der Waals surface area (Å²) in [6.45, 7) is 6.00. The minimum atomic E-state index is -0.277. The van der Waals surface area contributed by atoms with Crippen LogP contribution in [0.5, 0.6) is 5.75 Å². The van der Waals surface area contributed by atoms with Crippen molar-refractivity contribution in [1.82, 2.24) is 19.9 Å². The molecule has 0 saturated carbocycles. The van der Waals surface area contributed by atoms with Crippen molar-refractivity contribution in [3.05, 3.63) is 47.0 Å². The number of amides is 1. The molecule has 0 saturated heterocycles. The molecule has 4 heterocycles. The summed E-state index contributed by atoms with van der Waals surface area (Å²) in [5.41, 5.74) is 3.65. The minimum Gasteiger partial charge on any atom is -0.490 e. The fraction of sp³-hybridized carbons (Fsp3) is 0.381. The number of hydrogen-bond acceptors (Lipinski definition) is 7. The average Bonchev–Trinajstić information content (AvgIpc) is 3.31. The zero-order valence-electron chi connectivity index (χ0n) is 17.2. The molecular formula is C21H24N6O2S. The second-order valence-electron chi connectivity index (χ2n) is 8.32. The van der Waals surface area contributed by atoms with Gasteiger partial charge in [0.15, 0.2) is 5.13 Å². The molecule has 1 aromatic carbocycles. The summed E-state index contributed by atoms with van der Waals surface area (Å²) < 4.78 is 7.86. The molecule has 3 aromatic rings. The maximum absolute atomic E-state index is 12.5. The lowest BCUT2D eigenvalue weighted by molar-refractivity contribution is 0.0901. The molecule has 0 spiro atoms. The number of aromatic nitrogens is 3. The van der Waals surface area contributed by atoms with Gasteiger partial charge in [-0.1, -0.05) is 11.3 Å². The topological polar surface area (TPSA) is 84.3 Å². The fourth-order valence-corrected chi connectivity index (χ4v) is 4.87. The van der Waals surface area contributed by atoms with Gasteiger partial charge in [0.1, 0.15) is 17.2 Å². The third-order valence-corrected chi connectivity index (χ3v) is 6.52. The van der Waals surface area contributed by atoms with Crippen molar-refractivity contribution in [3.8, 4) is 5.75 Å². The van der Waals surface area contributed by atoms with E-state index in [1.165, 1.54) is 11.3 Å². The van der Waals surface area contributed by atoms with Gasteiger partial charge in [0, 0.05) is 30.9 Å². The van der Waals surface area contributed by atoms with Crippen molar-refractivity contribution in [1.29, 1.82) is 0 Å². The molecule has 1 amide bonds. The summed E-state index contributed by atoms with van der Waals surface area (Å²) in [7, 11) is 1.98. The van der Waals surface area contributed by atoms with Crippen LogP contribution in [0.4, 0.5) is 16.5 Å². The van der Waals surface area contributed by atoms with E-state index in [0.29, 0.717) is 24.6 Å². The number of anilines is 3. The number of nitrogens with zero attached hydrogens (tertiary/aromatic N) is 4. The van der Waals surface area contributed by atoms with Crippen LogP contribution < -0.4 is 20.3 Å².